The maximum Gasteiger partial charge on any atom is 0.184 e. The summed E-state index contributed by atoms with van der Waals surface area (Å²) >= 11 is 3.34. The van der Waals surface area contributed by atoms with E-state index in [0.29, 0.717) is 17.0 Å². The van der Waals surface area contributed by atoms with Gasteiger partial charge in [0.05, 0.1) is 23.4 Å². The van der Waals surface area contributed by atoms with Crippen LogP contribution in [0.3, 0.4) is 0 Å². The van der Waals surface area contributed by atoms with E-state index < -0.39 is 9.84 Å². The van der Waals surface area contributed by atoms with Gasteiger partial charge in [-0.2, -0.15) is 0 Å². The standard InChI is InChI=1S/C15H16BrNO3S/c1-10-4-3-5-14(15(10)17)21(18,19)9-11-8-12(16)6-7-13(11)20-2/h3-8H,9,17H2,1-2H3. The molecule has 2 aromatic carbocycles. The van der Waals surface area contributed by atoms with Gasteiger partial charge in [0.25, 0.3) is 0 Å². The van der Waals surface area contributed by atoms with E-state index in [4.69, 9.17) is 10.5 Å². The third-order valence-electron chi connectivity index (χ3n) is 3.21. The minimum Gasteiger partial charge on any atom is -0.496 e. The average molecular weight is 370 g/mol. The van der Waals surface area contributed by atoms with Crippen LogP contribution in [0, 0.1) is 6.92 Å². The van der Waals surface area contributed by atoms with Crippen LogP contribution in [-0.4, -0.2) is 15.5 Å². The fraction of sp³-hybridized carbons (Fsp3) is 0.200. The second-order valence-corrected chi connectivity index (χ2v) is 7.58. The zero-order valence-corrected chi connectivity index (χ0v) is 14.2. The van der Waals surface area contributed by atoms with Crippen LogP contribution in [0.1, 0.15) is 11.1 Å². The van der Waals surface area contributed by atoms with E-state index in [0.717, 1.165) is 10.0 Å². The third-order valence-corrected chi connectivity index (χ3v) is 5.42. The normalized spacial score (nSPS) is 11.4. The molecule has 0 aliphatic carbocycles. The van der Waals surface area contributed by atoms with Crippen molar-refractivity contribution in [2.45, 2.75) is 17.6 Å². The summed E-state index contributed by atoms with van der Waals surface area (Å²) in [4.78, 5) is 0.157. The molecular weight excluding hydrogens is 354 g/mol. The summed E-state index contributed by atoms with van der Waals surface area (Å²) in [6.45, 7) is 1.79. The molecule has 2 rings (SSSR count). The fourth-order valence-electron chi connectivity index (χ4n) is 2.07. The summed E-state index contributed by atoms with van der Waals surface area (Å²) < 4.78 is 31.2. The van der Waals surface area contributed by atoms with Crippen LogP contribution < -0.4 is 10.5 Å². The Morgan fingerprint density at radius 2 is 1.95 bits per heavy atom. The first-order valence-corrected chi connectivity index (χ1v) is 8.70. The maximum absolute atomic E-state index is 12.6. The number of halogens is 1. The largest absolute Gasteiger partial charge is 0.496 e. The number of hydrogen-bond acceptors (Lipinski definition) is 4. The highest BCUT2D eigenvalue weighted by Crippen LogP contribution is 2.29. The minimum atomic E-state index is -3.54. The molecule has 21 heavy (non-hydrogen) atoms. The van der Waals surface area contributed by atoms with Gasteiger partial charge in [0.2, 0.25) is 0 Å². The number of nitrogen functional groups attached to an aromatic ring is 1. The molecule has 0 atom stereocenters. The second kappa shape index (κ2) is 6.07. The summed E-state index contributed by atoms with van der Waals surface area (Å²) in [5, 5.41) is 0. The second-order valence-electron chi connectivity index (χ2n) is 4.70. The zero-order chi connectivity index (χ0) is 15.6. The number of methoxy groups -OCH3 is 1. The van der Waals surface area contributed by atoms with Crippen molar-refractivity contribution in [2.24, 2.45) is 0 Å². The molecule has 0 heterocycles. The number of anilines is 1. The van der Waals surface area contributed by atoms with Crippen LogP contribution >= 0.6 is 15.9 Å². The summed E-state index contributed by atoms with van der Waals surface area (Å²) in [5.41, 5.74) is 7.54. The number of ether oxygens (including phenoxy) is 1. The van der Waals surface area contributed by atoms with Crippen LogP contribution in [-0.2, 0) is 15.6 Å². The van der Waals surface area contributed by atoms with Gasteiger partial charge in [-0.15, -0.1) is 0 Å². The highest BCUT2D eigenvalue weighted by atomic mass is 79.9. The van der Waals surface area contributed by atoms with Crippen LogP contribution in [0.15, 0.2) is 45.8 Å². The summed E-state index contributed by atoms with van der Waals surface area (Å²) in [5.74, 6) is 0.372. The molecule has 6 heteroatoms. The molecule has 4 nitrogen and oxygen atoms in total. The molecule has 0 bridgehead atoms. The molecule has 0 saturated heterocycles. The first-order valence-electron chi connectivity index (χ1n) is 6.25. The first-order chi connectivity index (χ1) is 9.85. The number of sulfone groups is 1. The monoisotopic (exact) mass is 369 g/mol. The van der Waals surface area contributed by atoms with Crippen molar-refractivity contribution in [3.63, 3.8) is 0 Å². The molecule has 0 unspecified atom stereocenters. The van der Waals surface area contributed by atoms with E-state index in [1.165, 1.54) is 13.2 Å². The van der Waals surface area contributed by atoms with Crippen LogP contribution in [0.5, 0.6) is 5.75 Å². The third kappa shape index (κ3) is 3.39. The fourth-order valence-corrected chi connectivity index (χ4v) is 4.05. The van der Waals surface area contributed by atoms with Gasteiger partial charge in [0, 0.05) is 10.0 Å². The number of hydrogen-bond donors (Lipinski definition) is 1. The van der Waals surface area contributed by atoms with E-state index in [2.05, 4.69) is 15.9 Å². The Balaban J connectivity index is 2.47. The Labute approximate surface area is 133 Å². The molecule has 0 fully saturated rings. The van der Waals surface area contributed by atoms with E-state index >= 15 is 0 Å². The molecule has 0 amide bonds. The van der Waals surface area contributed by atoms with Gasteiger partial charge in [0.1, 0.15) is 5.75 Å². The van der Waals surface area contributed by atoms with E-state index in [9.17, 15) is 8.42 Å². The highest BCUT2D eigenvalue weighted by Gasteiger charge is 2.21. The van der Waals surface area contributed by atoms with E-state index in [1.807, 2.05) is 0 Å². The lowest BCUT2D eigenvalue weighted by molar-refractivity contribution is 0.411. The Hall–Kier alpha value is -1.53. The van der Waals surface area contributed by atoms with Crippen LogP contribution in [0.4, 0.5) is 5.69 Å². The van der Waals surface area contributed by atoms with Crippen molar-refractivity contribution in [3.8, 4) is 5.75 Å². The van der Waals surface area contributed by atoms with Gasteiger partial charge in [-0.1, -0.05) is 28.1 Å². The quantitative estimate of drug-likeness (QED) is 0.839. The number of aryl methyl sites for hydroxylation is 1. The predicted octanol–water partition coefficient (Wildman–Crippen LogP) is 3.32. The predicted molar refractivity (Wildman–Crippen MR) is 87.2 cm³/mol. The Kier molecular flexibility index (Phi) is 4.58. The summed E-state index contributed by atoms with van der Waals surface area (Å²) in [6, 6.07) is 10.3. The highest BCUT2D eigenvalue weighted by molar-refractivity contribution is 9.10. The Morgan fingerprint density at radius 3 is 2.62 bits per heavy atom. The molecule has 2 N–H and O–H groups in total. The lowest BCUT2D eigenvalue weighted by Gasteiger charge is -2.12. The lowest BCUT2D eigenvalue weighted by atomic mass is 10.2. The molecule has 0 aliphatic heterocycles. The number of rotatable bonds is 4. The maximum atomic E-state index is 12.6. The molecule has 0 aliphatic rings. The SMILES string of the molecule is COc1ccc(Br)cc1CS(=O)(=O)c1cccc(C)c1N. The Morgan fingerprint density at radius 1 is 1.24 bits per heavy atom. The van der Waals surface area contributed by atoms with Crippen LogP contribution in [0.2, 0.25) is 0 Å². The lowest BCUT2D eigenvalue weighted by Crippen LogP contribution is -2.09. The molecular formula is C15H16BrNO3S. The molecule has 112 valence electrons. The molecule has 0 spiro atoms. The van der Waals surface area contributed by atoms with Gasteiger partial charge in [0.15, 0.2) is 9.84 Å². The number of para-hydroxylation sites is 1. The Bertz CT molecular complexity index is 772. The molecule has 0 radical (unpaired) electrons. The number of nitrogens with two attached hydrogens (primary N) is 1. The van der Waals surface area contributed by atoms with Gasteiger partial charge in [-0.25, -0.2) is 8.42 Å². The van der Waals surface area contributed by atoms with Crippen molar-refractivity contribution in [1.82, 2.24) is 0 Å². The van der Waals surface area contributed by atoms with Gasteiger partial charge in [-0.05, 0) is 36.8 Å². The van der Waals surface area contributed by atoms with Crippen LogP contribution in [0.25, 0.3) is 0 Å². The number of benzene rings is 2. The minimum absolute atomic E-state index is 0.157. The van der Waals surface area contributed by atoms with Gasteiger partial charge in [-0.3, -0.25) is 0 Å². The topological polar surface area (TPSA) is 69.4 Å². The molecule has 0 aromatic heterocycles. The van der Waals surface area contributed by atoms with Gasteiger partial charge < -0.3 is 10.5 Å². The van der Waals surface area contributed by atoms with Gasteiger partial charge >= 0.3 is 0 Å². The van der Waals surface area contributed by atoms with E-state index in [-0.39, 0.29) is 10.6 Å². The molecule has 0 saturated carbocycles. The van der Waals surface area contributed by atoms with Crippen molar-refractivity contribution in [3.05, 3.63) is 52.0 Å². The smallest absolute Gasteiger partial charge is 0.184 e. The zero-order valence-electron chi connectivity index (χ0n) is 11.8. The summed E-state index contributed by atoms with van der Waals surface area (Å²) in [7, 11) is -2.03. The summed E-state index contributed by atoms with van der Waals surface area (Å²) in [6.07, 6.45) is 0. The van der Waals surface area contributed by atoms with E-state index in [1.54, 1.807) is 37.3 Å². The average Bonchev–Trinajstić information content (AvgIpc) is 2.41. The van der Waals surface area contributed by atoms with Crippen molar-refractivity contribution < 1.29 is 13.2 Å². The first kappa shape index (κ1) is 15.9. The molecule has 2 aromatic rings. The van der Waals surface area contributed by atoms with Crippen molar-refractivity contribution >= 4 is 31.5 Å². The van der Waals surface area contributed by atoms with Crippen molar-refractivity contribution in [2.75, 3.05) is 12.8 Å². The van der Waals surface area contributed by atoms with Crippen molar-refractivity contribution in [1.29, 1.82) is 0 Å².